The Balaban J connectivity index is 3.07. The van der Waals surface area contributed by atoms with Gasteiger partial charge in [-0.1, -0.05) is 13.8 Å². The standard InChI is InChI=1S/C6H16N2/c1-3-6(5-7)8-4-2/h6,8H,3-5,7H2,1-2H3/t6-/m0/s1. The van der Waals surface area contributed by atoms with E-state index in [1.807, 2.05) is 0 Å². The first-order chi connectivity index (χ1) is 3.85. The molecule has 0 amide bonds. The molecule has 0 saturated carbocycles. The summed E-state index contributed by atoms with van der Waals surface area (Å²) in [4.78, 5) is 0. The van der Waals surface area contributed by atoms with E-state index >= 15 is 0 Å². The van der Waals surface area contributed by atoms with Crippen LogP contribution in [0.3, 0.4) is 0 Å². The number of hydrogen-bond donors (Lipinski definition) is 2. The summed E-state index contributed by atoms with van der Waals surface area (Å²) in [7, 11) is 0. The lowest BCUT2D eigenvalue weighted by atomic mass is 10.2. The zero-order valence-corrected chi connectivity index (χ0v) is 5.78. The van der Waals surface area contributed by atoms with Gasteiger partial charge >= 0.3 is 0 Å². The van der Waals surface area contributed by atoms with Gasteiger partial charge in [-0.2, -0.15) is 0 Å². The predicted octanol–water partition coefficient (Wildman–Crippen LogP) is 0.333. The van der Waals surface area contributed by atoms with Crippen LogP contribution in [-0.2, 0) is 0 Å². The molecule has 0 aliphatic heterocycles. The minimum atomic E-state index is 0.528. The summed E-state index contributed by atoms with van der Waals surface area (Å²) in [5, 5.41) is 3.26. The average molecular weight is 116 g/mol. The van der Waals surface area contributed by atoms with E-state index in [2.05, 4.69) is 19.2 Å². The largest absolute Gasteiger partial charge is 0.329 e. The van der Waals surface area contributed by atoms with Crippen LogP contribution in [0.2, 0.25) is 0 Å². The first-order valence-electron chi connectivity index (χ1n) is 3.28. The Morgan fingerprint density at radius 3 is 2.25 bits per heavy atom. The lowest BCUT2D eigenvalue weighted by molar-refractivity contribution is 0.521. The molecule has 8 heavy (non-hydrogen) atoms. The van der Waals surface area contributed by atoms with Gasteiger partial charge in [0.25, 0.3) is 0 Å². The molecule has 0 aromatic rings. The second-order valence-corrected chi connectivity index (χ2v) is 1.90. The maximum Gasteiger partial charge on any atom is 0.0187 e. The summed E-state index contributed by atoms with van der Waals surface area (Å²) < 4.78 is 0. The van der Waals surface area contributed by atoms with Gasteiger partial charge in [0.2, 0.25) is 0 Å². The summed E-state index contributed by atoms with van der Waals surface area (Å²) in [6.07, 6.45) is 1.13. The van der Waals surface area contributed by atoms with Gasteiger partial charge in [-0.05, 0) is 13.0 Å². The Bertz CT molecular complexity index is 41.8. The Kier molecular flexibility index (Phi) is 5.01. The molecule has 1 atom stereocenters. The van der Waals surface area contributed by atoms with Crippen molar-refractivity contribution in [3.05, 3.63) is 0 Å². The lowest BCUT2D eigenvalue weighted by Crippen LogP contribution is -2.34. The summed E-state index contributed by atoms with van der Waals surface area (Å²) in [5.74, 6) is 0. The molecular weight excluding hydrogens is 100 g/mol. The highest BCUT2D eigenvalue weighted by Crippen LogP contribution is 1.84. The number of likely N-dealkylation sites (N-methyl/N-ethyl adjacent to an activating group) is 1. The first-order valence-corrected chi connectivity index (χ1v) is 3.28. The van der Waals surface area contributed by atoms with Crippen LogP contribution >= 0.6 is 0 Å². The van der Waals surface area contributed by atoms with Crippen LogP contribution in [0.4, 0.5) is 0 Å². The first kappa shape index (κ1) is 7.92. The Morgan fingerprint density at radius 1 is 1.50 bits per heavy atom. The van der Waals surface area contributed by atoms with E-state index in [-0.39, 0.29) is 0 Å². The van der Waals surface area contributed by atoms with Crippen LogP contribution < -0.4 is 11.1 Å². The zero-order valence-electron chi connectivity index (χ0n) is 5.78. The molecule has 3 N–H and O–H groups in total. The average Bonchev–Trinajstić information content (AvgIpc) is 1.83. The molecule has 0 aliphatic rings. The molecule has 0 heterocycles. The van der Waals surface area contributed by atoms with E-state index < -0.39 is 0 Å². The number of hydrogen-bond acceptors (Lipinski definition) is 2. The Labute approximate surface area is 51.5 Å². The fraction of sp³-hybridized carbons (Fsp3) is 1.00. The van der Waals surface area contributed by atoms with Gasteiger partial charge in [-0.25, -0.2) is 0 Å². The molecular formula is C6H16N2. The van der Waals surface area contributed by atoms with Gasteiger partial charge in [0.05, 0.1) is 0 Å². The van der Waals surface area contributed by atoms with Gasteiger partial charge < -0.3 is 11.1 Å². The second-order valence-electron chi connectivity index (χ2n) is 1.90. The fourth-order valence-corrected chi connectivity index (χ4v) is 0.683. The van der Waals surface area contributed by atoms with Crippen molar-refractivity contribution in [2.24, 2.45) is 5.73 Å². The highest BCUT2D eigenvalue weighted by atomic mass is 14.9. The van der Waals surface area contributed by atoms with Crippen molar-refractivity contribution in [2.45, 2.75) is 26.3 Å². The molecule has 0 rings (SSSR count). The third-order valence-electron chi connectivity index (χ3n) is 1.27. The van der Waals surface area contributed by atoms with Crippen molar-refractivity contribution in [2.75, 3.05) is 13.1 Å². The minimum Gasteiger partial charge on any atom is -0.329 e. The van der Waals surface area contributed by atoms with Crippen molar-refractivity contribution >= 4 is 0 Å². The molecule has 0 bridgehead atoms. The van der Waals surface area contributed by atoms with Crippen LogP contribution in [0, 0.1) is 0 Å². The van der Waals surface area contributed by atoms with Gasteiger partial charge in [-0.3, -0.25) is 0 Å². The lowest BCUT2D eigenvalue weighted by Gasteiger charge is -2.11. The quantitative estimate of drug-likeness (QED) is 0.555. The summed E-state index contributed by atoms with van der Waals surface area (Å²) >= 11 is 0. The molecule has 0 radical (unpaired) electrons. The molecule has 0 aliphatic carbocycles. The monoisotopic (exact) mass is 116 g/mol. The van der Waals surface area contributed by atoms with E-state index in [1.165, 1.54) is 0 Å². The van der Waals surface area contributed by atoms with Crippen LogP contribution in [0.1, 0.15) is 20.3 Å². The van der Waals surface area contributed by atoms with Gasteiger partial charge in [0, 0.05) is 12.6 Å². The third-order valence-corrected chi connectivity index (χ3v) is 1.27. The molecule has 2 nitrogen and oxygen atoms in total. The van der Waals surface area contributed by atoms with Crippen LogP contribution in [-0.4, -0.2) is 19.1 Å². The normalized spacial score (nSPS) is 13.9. The predicted molar refractivity (Wildman–Crippen MR) is 36.8 cm³/mol. The summed E-state index contributed by atoms with van der Waals surface area (Å²) in [5.41, 5.74) is 5.41. The van der Waals surface area contributed by atoms with Gasteiger partial charge in [0.1, 0.15) is 0 Å². The fourth-order valence-electron chi connectivity index (χ4n) is 0.683. The van der Waals surface area contributed by atoms with Crippen molar-refractivity contribution < 1.29 is 0 Å². The molecule has 0 aromatic carbocycles. The number of nitrogens with one attached hydrogen (secondary N) is 1. The summed E-state index contributed by atoms with van der Waals surface area (Å²) in [6.45, 7) is 6.01. The zero-order chi connectivity index (χ0) is 6.41. The molecule has 0 fully saturated rings. The number of nitrogens with two attached hydrogens (primary N) is 1. The van der Waals surface area contributed by atoms with Crippen LogP contribution in [0.5, 0.6) is 0 Å². The van der Waals surface area contributed by atoms with Crippen molar-refractivity contribution in [3.63, 3.8) is 0 Å². The van der Waals surface area contributed by atoms with Crippen molar-refractivity contribution in [1.82, 2.24) is 5.32 Å². The van der Waals surface area contributed by atoms with E-state index in [0.29, 0.717) is 6.04 Å². The summed E-state index contributed by atoms with van der Waals surface area (Å²) in [6, 6.07) is 0.528. The van der Waals surface area contributed by atoms with E-state index in [1.54, 1.807) is 0 Å². The minimum absolute atomic E-state index is 0.528. The highest BCUT2D eigenvalue weighted by Gasteiger charge is 1.97. The van der Waals surface area contributed by atoms with Crippen molar-refractivity contribution in [3.8, 4) is 0 Å². The molecule has 0 aromatic heterocycles. The van der Waals surface area contributed by atoms with E-state index in [4.69, 9.17) is 5.73 Å². The maximum absolute atomic E-state index is 5.41. The van der Waals surface area contributed by atoms with Crippen LogP contribution in [0.15, 0.2) is 0 Å². The van der Waals surface area contributed by atoms with E-state index in [0.717, 1.165) is 19.5 Å². The number of rotatable bonds is 4. The SMILES string of the molecule is CCN[C@@H](CC)CN. The molecule has 50 valence electrons. The van der Waals surface area contributed by atoms with E-state index in [9.17, 15) is 0 Å². The molecule has 0 spiro atoms. The highest BCUT2D eigenvalue weighted by molar-refractivity contribution is 4.62. The van der Waals surface area contributed by atoms with Crippen molar-refractivity contribution in [1.29, 1.82) is 0 Å². The molecule has 0 saturated heterocycles. The third kappa shape index (κ3) is 2.99. The Morgan fingerprint density at radius 2 is 2.12 bits per heavy atom. The van der Waals surface area contributed by atoms with Gasteiger partial charge in [0.15, 0.2) is 0 Å². The smallest absolute Gasteiger partial charge is 0.0187 e. The second kappa shape index (κ2) is 5.06. The van der Waals surface area contributed by atoms with Crippen LogP contribution in [0.25, 0.3) is 0 Å². The molecule has 0 unspecified atom stereocenters. The molecule has 2 heteroatoms. The maximum atomic E-state index is 5.41. The topological polar surface area (TPSA) is 38.0 Å². The Hall–Kier alpha value is -0.0800. The van der Waals surface area contributed by atoms with Gasteiger partial charge in [-0.15, -0.1) is 0 Å².